The first kappa shape index (κ1) is 12.2. The summed E-state index contributed by atoms with van der Waals surface area (Å²) in [4.78, 5) is 2.56. The molecule has 2 aliphatic rings. The van der Waals surface area contributed by atoms with Crippen LogP contribution in [0.2, 0.25) is 0 Å². The zero-order valence-electron chi connectivity index (χ0n) is 11.1. The van der Waals surface area contributed by atoms with Crippen molar-refractivity contribution < 1.29 is 5.11 Å². The highest BCUT2D eigenvalue weighted by atomic mass is 16.3. The summed E-state index contributed by atoms with van der Waals surface area (Å²) in [7, 11) is 0. The molecule has 18 heavy (non-hydrogen) atoms. The van der Waals surface area contributed by atoms with E-state index in [-0.39, 0.29) is 5.60 Å². The summed E-state index contributed by atoms with van der Waals surface area (Å²) >= 11 is 0. The topological polar surface area (TPSA) is 23.5 Å². The van der Waals surface area contributed by atoms with E-state index in [0.717, 1.165) is 25.7 Å². The van der Waals surface area contributed by atoms with Crippen LogP contribution >= 0.6 is 0 Å². The van der Waals surface area contributed by atoms with Gasteiger partial charge in [-0.3, -0.25) is 0 Å². The fourth-order valence-electron chi connectivity index (χ4n) is 2.82. The molecule has 98 valence electrons. The molecule has 1 aromatic carbocycles. The van der Waals surface area contributed by atoms with Gasteiger partial charge in [0.25, 0.3) is 0 Å². The molecule has 1 aliphatic carbocycles. The van der Waals surface area contributed by atoms with E-state index in [1.54, 1.807) is 0 Å². The Labute approximate surface area is 110 Å². The van der Waals surface area contributed by atoms with Gasteiger partial charge in [-0.05, 0) is 56.3 Å². The second kappa shape index (κ2) is 5.02. The van der Waals surface area contributed by atoms with Crippen LogP contribution < -0.4 is 0 Å². The molecule has 1 heterocycles. The number of rotatable bonds is 5. The minimum absolute atomic E-state index is 0.364. The summed E-state index contributed by atoms with van der Waals surface area (Å²) in [5.74, 6) is 0. The summed E-state index contributed by atoms with van der Waals surface area (Å²) in [5.41, 5.74) is 2.34. The Bertz CT molecular complexity index is 388. The van der Waals surface area contributed by atoms with Crippen LogP contribution in [0.5, 0.6) is 0 Å². The van der Waals surface area contributed by atoms with E-state index in [0.29, 0.717) is 0 Å². The number of hydrogen-bond acceptors (Lipinski definition) is 2. The lowest BCUT2D eigenvalue weighted by Crippen LogP contribution is -2.21. The van der Waals surface area contributed by atoms with E-state index >= 15 is 0 Å². The van der Waals surface area contributed by atoms with Gasteiger partial charge in [0.15, 0.2) is 0 Å². The predicted octanol–water partition coefficient (Wildman–Crippen LogP) is 2.39. The number of benzene rings is 1. The molecule has 0 aromatic heterocycles. The molecular formula is C16H23NO. The zero-order valence-corrected chi connectivity index (χ0v) is 11.1. The van der Waals surface area contributed by atoms with E-state index in [9.17, 15) is 5.11 Å². The summed E-state index contributed by atoms with van der Waals surface area (Å²) in [5, 5.41) is 9.89. The van der Waals surface area contributed by atoms with Crippen molar-refractivity contribution in [1.82, 2.24) is 4.90 Å². The van der Waals surface area contributed by atoms with Crippen molar-refractivity contribution in [2.75, 3.05) is 19.6 Å². The average molecular weight is 245 g/mol. The maximum Gasteiger partial charge on any atom is 0.0690 e. The minimum atomic E-state index is -0.364. The van der Waals surface area contributed by atoms with Gasteiger partial charge in [-0.2, -0.15) is 0 Å². The Hall–Kier alpha value is -0.860. The lowest BCUT2D eigenvalue weighted by molar-refractivity contribution is 0.151. The highest BCUT2D eigenvalue weighted by Crippen LogP contribution is 2.38. The molecule has 1 N–H and O–H groups in total. The third-order valence-corrected chi connectivity index (χ3v) is 4.30. The Morgan fingerprint density at radius 2 is 1.61 bits per heavy atom. The van der Waals surface area contributed by atoms with Gasteiger partial charge in [0.1, 0.15) is 0 Å². The van der Waals surface area contributed by atoms with E-state index in [4.69, 9.17) is 0 Å². The second-order valence-corrected chi connectivity index (χ2v) is 6.02. The Morgan fingerprint density at radius 1 is 1.00 bits per heavy atom. The summed E-state index contributed by atoms with van der Waals surface area (Å²) in [6.07, 6.45) is 6.69. The first-order valence-corrected chi connectivity index (χ1v) is 7.26. The molecule has 0 unspecified atom stereocenters. The number of hydrogen-bond donors (Lipinski definition) is 1. The quantitative estimate of drug-likeness (QED) is 0.861. The monoisotopic (exact) mass is 245 g/mol. The molecule has 2 heteroatoms. The summed E-state index contributed by atoms with van der Waals surface area (Å²) in [6, 6.07) is 8.85. The normalized spacial score (nSPS) is 22.3. The Morgan fingerprint density at radius 3 is 2.22 bits per heavy atom. The van der Waals surface area contributed by atoms with Crippen LogP contribution in [0, 0.1) is 0 Å². The van der Waals surface area contributed by atoms with Crippen LogP contribution in [0.25, 0.3) is 0 Å². The molecule has 0 spiro atoms. The van der Waals surface area contributed by atoms with Gasteiger partial charge in [-0.15, -0.1) is 0 Å². The molecule has 0 atom stereocenters. The van der Waals surface area contributed by atoms with Crippen molar-refractivity contribution in [3.05, 3.63) is 35.4 Å². The van der Waals surface area contributed by atoms with Gasteiger partial charge in [-0.1, -0.05) is 24.3 Å². The highest BCUT2D eigenvalue weighted by Gasteiger charge is 2.39. The smallest absolute Gasteiger partial charge is 0.0690 e. The van der Waals surface area contributed by atoms with E-state index in [1.165, 1.54) is 43.6 Å². The Kier molecular flexibility index (Phi) is 3.40. The fourth-order valence-corrected chi connectivity index (χ4v) is 2.82. The van der Waals surface area contributed by atoms with Crippen LogP contribution in [0.15, 0.2) is 24.3 Å². The van der Waals surface area contributed by atoms with Crippen molar-refractivity contribution in [2.45, 2.75) is 44.1 Å². The van der Waals surface area contributed by atoms with Crippen molar-refractivity contribution in [3.8, 4) is 0 Å². The molecule has 3 rings (SSSR count). The molecule has 0 bridgehead atoms. The maximum absolute atomic E-state index is 9.89. The molecule has 1 aliphatic heterocycles. The van der Waals surface area contributed by atoms with Crippen molar-refractivity contribution in [1.29, 1.82) is 0 Å². The van der Waals surface area contributed by atoms with Crippen molar-refractivity contribution in [2.24, 2.45) is 0 Å². The third-order valence-electron chi connectivity index (χ3n) is 4.30. The second-order valence-electron chi connectivity index (χ2n) is 6.02. The first-order chi connectivity index (χ1) is 8.73. The highest BCUT2D eigenvalue weighted by molar-refractivity contribution is 5.25. The standard InChI is InChI=1S/C16H23NO/c18-16(8-9-16)13-15-5-3-14(4-6-15)7-12-17-10-1-2-11-17/h3-6,18H,1-2,7-13H2. The van der Waals surface area contributed by atoms with E-state index in [2.05, 4.69) is 29.2 Å². The summed E-state index contributed by atoms with van der Waals surface area (Å²) in [6.45, 7) is 3.76. The zero-order chi connectivity index (χ0) is 12.4. The van der Waals surface area contributed by atoms with Gasteiger partial charge in [0.2, 0.25) is 0 Å². The molecule has 0 radical (unpaired) electrons. The van der Waals surface area contributed by atoms with Gasteiger partial charge >= 0.3 is 0 Å². The number of likely N-dealkylation sites (tertiary alicyclic amines) is 1. The first-order valence-electron chi connectivity index (χ1n) is 7.26. The third kappa shape index (κ3) is 3.12. The van der Waals surface area contributed by atoms with Crippen molar-refractivity contribution in [3.63, 3.8) is 0 Å². The van der Waals surface area contributed by atoms with E-state index in [1.807, 2.05) is 0 Å². The lowest BCUT2D eigenvalue weighted by Gasteiger charge is -2.14. The average Bonchev–Trinajstić information content (AvgIpc) is 2.91. The van der Waals surface area contributed by atoms with Crippen LogP contribution in [0.4, 0.5) is 0 Å². The molecule has 2 fully saturated rings. The Balaban J connectivity index is 1.50. The molecule has 2 nitrogen and oxygen atoms in total. The van der Waals surface area contributed by atoms with Gasteiger partial charge < -0.3 is 10.0 Å². The minimum Gasteiger partial charge on any atom is -0.390 e. The predicted molar refractivity (Wildman–Crippen MR) is 73.7 cm³/mol. The number of nitrogens with zero attached hydrogens (tertiary/aromatic N) is 1. The largest absolute Gasteiger partial charge is 0.390 e. The van der Waals surface area contributed by atoms with Gasteiger partial charge in [-0.25, -0.2) is 0 Å². The fraction of sp³-hybridized carbons (Fsp3) is 0.625. The molecule has 0 amide bonds. The number of aliphatic hydroxyl groups is 1. The molecular weight excluding hydrogens is 222 g/mol. The van der Waals surface area contributed by atoms with E-state index < -0.39 is 0 Å². The SMILES string of the molecule is OC1(Cc2ccc(CCN3CCCC3)cc2)CC1. The van der Waals surface area contributed by atoms with Crippen molar-refractivity contribution >= 4 is 0 Å². The molecule has 1 saturated carbocycles. The maximum atomic E-state index is 9.89. The van der Waals surface area contributed by atoms with Gasteiger partial charge in [0, 0.05) is 13.0 Å². The van der Waals surface area contributed by atoms with Gasteiger partial charge in [0.05, 0.1) is 5.60 Å². The van der Waals surface area contributed by atoms with Crippen LogP contribution in [0.1, 0.15) is 36.8 Å². The summed E-state index contributed by atoms with van der Waals surface area (Å²) < 4.78 is 0. The van der Waals surface area contributed by atoms with Crippen LogP contribution in [0.3, 0.4) is 0 Å². The molecule has 1 saturated heterocycles. The molecule has 1 aromatic rings. The van der Waals surface area contributed by atoms with Crippen LogP contribution in [-0.4, -0.2) is 35.2 Å². The van der Waals surface area contributed by atoms with Crippen LogP contribution in [-0.2, 0) is 12.8 Å². The lowest BCUT2D eigenvalue weighted by atomic mass is 10.0.